The third kappa shape index (κ3) is 28.0. The van der Waals surface area contributed by atoms with Crippen LogP contribution in [0.25, 0.3) is 0 Å². The number of allylic oxidation sites excluding steroid dienone is 3. The van der Waals surface area contributed by atoms with Crippen LogP contribution in [0.1, 0.15) is 226 Å². The predicted octanol–water partition coefficient (Wildman–Crippen LogP) is 6.32. The zero-order chi connectivity index (χ0) is 58.3. The molecule has 0 saturated carbocycles. The number of nitrogens with one attached hydrogen (secondary N) is 1. The van der Waals surface area contributed by atoms with E-state index in [0.29, 0.717) is 12.8 Å². The van der Waals surface area contributed by atoms with Gasteiger partial charge >= 0.3 is 0 Å². The van der Waals surface area contributed by atoms with Crippen molar-refractivity contribution >= 4 is 5.91 Å². The average Bonchev–Trinajstić information content (AvgIpc) is 3.58. The fraction of sp³-hybridized carbons (Fsp3) is 0.918. The summed E-state index contributed by atoms with van der Waals surface area (Å²) < 4.78 is 34.1. The van der Waals surface area contributed by atoms with Gasteiger partial charge in [-0.1, -0.05) is 212 Å². The van der Waals surface area contributed by atoms with Crippen molar-refractivity contribution in [3.8, 4) is 0 Å². The van der Waals surface area contributed by atoms with Crippen LogP contribution in [0.5, 0.6) is 0 Å². The minimum Gasteiger partial charge on any atom is -0.394 e. The number of carbonyl (C=O) groups excluding carboxylic acids is 1. The highest BCUT2D eigenvalue weighted by Gasteiger charge is 2.53. The number of hydrogen-bond acceptors (Lipinski definition) is 18. The van der Waals surface area contributed by atoms with Gasteiger partial charge in [-0.05, 0) is 32.1 Å². The molecule has 0 radical (unpaired) electrons. The Balaban J connectivity index is 1.38. The van der Waals surface area contributed by atoms with Crippen LogP contribution in [0.4, 0.5) is 0 Å². The largest absolute Gasteiger partial charge is 0.394 e. The molecule has 0 aliphatic carbocycles. The van der Waals surface area contributed by atoms with Crippen LogP contribution in [0.15, 0.2) is 24.3 Å². The molecule has 470 valence electrons. The van der Waals surface area contributed by atoms with E-state index in [1.54, 1.807) is 6.08 Å². The van der Waals surface area contributed by atoms with Gasteiger partial charge in [0.1, 0.15) is 73.2 Å². The molecule has 3 heterocycles. The second-order valence-electron chi connectivity index (χ2n) is 22.9. The van der Waals surface area contributed by atoms with Crippen LogP contribution in [-0.2, 0) is 33.2 Å². The Hall–Kier alpha value is -1.73. The number of ether oxygens (including phenoxy) is 6. The van der Waals surface area contributed by atoms with Gasteiger partial charge in [0.05, 0.1) is 38.6 Å². The van der Waals surface area contributed by atoms with Gasteiger partial charge in [-0.15, -0.1) is 0 Å². The van der Waals surface area contributed by atoms with Gasteiger partial charge in [0.2, 0.25) is 5.91 Å². The maximum Gasteiger partial charge on any atom is 0.220 e. The third-order valence-corrected chi connectivity index (χ3v) is 16.0. The van der Waals surface area contributed by atoms with Crippen molar-refractivity contribution in [3.05, 3.63) is 24.3 Å². The van der Waals surface area contributed by atoms with E-state index >= 15 is 0 Å². The molecule has 3 aliphatic heterocycles. The normalized spacial score (nSPS) is 30.1. The molecule has 17 unspecified atom stereocenters. The van der Waals surface area contributed by atoms with Crippen LogP contribution in [-0.4, -0.2) is 193 Å². The highest BCUT2D eigenvalue weighted by Crippen LogP contribution is 2.33. The average molecular weight is 1150 g/mol. The standard InChI is InChI=1S/C61H113NO18/c1-3-5-7-9-11-12-13-14-15-16-17-18-19-20-21-22-23-24-25-26-27-28-29-30-31-32-33-34-36-38-45(66)44(62-49(67)39-37-35-10-8-6-4-2)43-75-59-55(73)52(70)57(47(41-64)77-59)80-61-56(74)53(71)58(48(42-65)78-61)79-60-54(72)51(69)50(68)46(40-63)76-60/h31-32,36,38,44-48,50-61,63-66,68-74H,3-30,33-35,37,39-43H2,1-2H3,(H,62,67)/b32-31+,38-36+. The van der Waals surface area contributed by atoms with Crippen molar-refractivity contribution in [2.24, 2.45) is 0 Å². The number of unbranched alkanes of at least 4 members (excludes halogenated alkanes) is 29. The van der Waals surface area contributed by atoms with Crippen molar-refractivity contribution in [1.29, 1.82) is 0 Å². The summed E-state index contributed by atoms with van der Waals surface area (Å²) in [5.41, 5.74) is 0. The van der Waals surface area contributed by atoms with E-state index < -0.39 is 124 Å². The SMILES string of the molecule is CCCCCCCCCCCCCCCCCCCCCCCCC/C=C/CC/C=C/C(O)C(COC1OC(CO)C(OC2OC(CO)C(OC3OC(CO)C(O)C(O)C3O)C(O)C2O)C(O)C1O)NC(=O)CCCCCCCC. The molecule has 19 heteroatoms. The van der Waals surface area contributed by atoms with Crippen LogP contribution >= 0.6 is 0 Å². The van der Waals surface area contributed by atoms with Crippen LogP contribution in [0.2, 0.25) is 0 Å². The lowest BCUT2D eigenvalue weighted by atomic mass is 9.96. The third-order valence-electron chi connectivity index (χ3n) is 16.0. The number of amides is 1. The highest BCUT2D eigenvalue weighted by molar-refractivity contribution is 5.76. The lowest BCUT2D eigenvalue weighted by Gasteiger charge is -2.48. The van der Waals surface area contributed by atoms with Crippen LogP contribution < -0.4 is 5.32 Å². The number of rotatable bonds is 47. The molecule has 0 aromatic carbocycles. The van der Waals surface area contributed by atoms with E-state index in [9.17, 15) is 61.0 Å². The first kappa shape index (κ1) is 72.5. The quantitative estimate of drug-likeness (QED) is 0.0234. The lowest BCUT2D eigenvalue weighted by Crippen LogP contribution is -2.66. The summed E-state index contributed by atoms with van der Waals surface area (Å²) in [4.78, 5) is 13.1. The van der Waals surface area contributed by atoms with Crippen molar-refractivity contribution < 1.29 is 89.4 Å². The zero-order valence-electron chi connectivity index (χ0n) is 49.1. The fourth-order valence-electron chi connectivity index (χ4n) is 10.8. The van der Waals surface area contributed by atoms with Gasteiger partial charge in [-0.3, -0.25) is 4.79 Å². The molecule has 3 rings (SSSR count). The summed E-state index contributed by atoms with van der Waals surface area (Å²) in [5.74, 6) is -0.294. The topological polar surface area (TPSA) is 307 Å². The summed E-state index contributed by atoms with van der Waals surface area (Å²) in [7, 11) is 0. The first-order valence-electron chi connectivity index (χ1n) is 31.6. The van der Waals surface area contributed by atoms with E-state index in [1.165, 1.54) is 141 Å². The Morgan fingerprint density at radius 3 is 1.25 bits per heavy atom. The first-order valence-corrected chi connectivity index (χ1v) is 31.6. The van der Waals surface area contributed by atoms with Crippen LogP contribution in [0.3, 0.4) is 0 Å². The molecule has 17 atom stereocenters. The molecule has 80 heavy (non-hydrogen) atoms. The maximum absolute atomic E-state index is 13.1. The van der Waals surface area contributed by atoms with Gasteiger partial charge < -0.3 is 89.9 Å². The van der Waals surface area contributed by atoms with Crippen molar-refractivity contribution in [3.63, 3.8) is 0 Å². The van der Waals surface area contributed by atoms with Gasteiger partial charge in [0.25, 0.3) is 0 Å². The van der Waals surface area contributed by atoms with Crippen molar-refractivity contribution in [2.45, 2.75) is 330 Å². The van der Waals surface area contributed by atoms with E-state index in [4.69, 9.17) is 28.4 Å². The second-order valence-corrected chi connectivity index (χ2v) is 22.9. The number of aliphatic hydroxyl groups is 11. The number of hydrogen-bond donors (Lipinski definition) is 12. The summed E-state index contributed by atoms with van der Waals surface area (Å²) in [5, 5.41) is 120. The summed E-state index contributed by atoms with van der Waals surface area (Å²) in [6, 6.07) is -0.983. The molecule has 19 nitrogen and oxygen atoms in total. The minimum absolute atomic E-state index is 0.234. The minimum atomic E-state index is -1.98. The predicted molar refractivity (Wildman–Crippen MR) is 305 cm³/mol. The maximum atomic E-state index is 13.1. The van der Waals surface area contributed by atoms with Crippen LogP contribution in [0, 0.1) is 0 Å². The molecule has 0 aromatic rings. The first-order chi connectivity index (χ1) is 38.8. The van der Waals surface area contributed by atoms with E-state index in [2.05, 4.69) is 31.3 Å². The van der Waals surface area contributed by atoms with E-state index in [-0.39, 0.29) is 18.9 Å². The molecular formula is C61H113NO18. The molecule has 12 N–H and O–H groups in total. The lowest BCUT2D eigenvalue weighted by molar-refractivity contribution is -0.379. The molecule has 3 saturated heterocycles. The monoisotopic (exact) mass is 1150 g/mol. The van der Waals surface area contributed by atoms with Gasteiger partial charge in [-0.25, -0.2) is 0 Å². The van der Waals surface area contributed by atoms with Gasteiger partial charge in [-0.2, -0.15) is 0 Å². The summed E-state index contributed by atoms with van der Waals surface area (Å²) in [6.45, 7) is 1.63. The van der Waals surface area contributed by atoms with E-state index in [1.807, 2.05) is 6.08 Å². The Kier molecular flexibility index (Phi) is 40.5. The van der Waals surface area contributed by atoms with E-state index in [0.717, 1.165) is 51.4 Å². The second kappa shape index (κ2) is 44.7. The Morgan fingerprint density at radius 1 is 0.438 bits per heavy atom. The van der Waals surface area contributed by atoms with Gasteiger partial charge in [0, 0.05) is 6.42 Å². The van der Waals surface area contributed by atoms with Crippen molar-refractivity contribution in [2.75, 3.05) is 26.4 Å². The molecule has 3 fully saturated rings. The van der Waals surface area contributed by atoms with Gasteiger partial charge in [0.15, 0.2) is 18.9 Å². The molecule has 0 aromatic heterocycles. The van der Waals surface area contributed by atoms with Crippen molar-refractivity contribution in [1.82, 2.24) is 5.32 Å². The zero-order valence-corrected chi connectivity index (χ0v) is 49.1. The molecular weight excluding hydrogens is 1030 g/mol. The fourth-order valence-corrected chi connectivity index (χ4v) is 10.8. The molecule has 0 bridgehead atoms. The molecule has 1 amide bonds. The smallest absolute Gasteiger partial charge is 0.220 e. The molecule has 3 aliphatic rings. The Bertz CT molecular complexity index is 1560. The summed E-state index contributed by atoms with van der Waals surface area (Å²) >= 11 is 0. The summed E-state index contributed by atoms with van der Waals surface area (Å²) in [6.07, 6.45) is 21.0. The Morgan fingerprint density at radius 2 is 0.800 bits per heavy atom. The highest BCUT2D eigenvalue weighted by atomic mass is 16.8. The number of aliphatic hydroxyl groups excluding tert-OH is 11. The number of carbonyl (C=O) groups is 1. The molecule has 0 spiro atoms. The Labute approximate surface area is 479 Å².